The number of carbonyl (C=O) groups is 1. The van der Waals surface area contributed by atoms with E-state index in [1.807, 2.05) is 6.92 Å². The molecule has 0 fully saturated rings. The van der Waals surface area contributed by atoms with Crippen LogP contribution in [0, 0.1) is 11.7 Å². The highest BCUT2D eigenvalue weighted by atomic mass is 32.2. The largest absolute Gasteiger partial charge is 0.294 e. The lowest BCUT2D eigenvalue weighted by Crippen LogP contribution is -2.19. The summed E-state index contributed by atoms with van der Waals surface area (Å²) in [6.45, 7) is 1.88. The van der Waals surface area contributed by atoms with Crippen molar-refractivity contribution < 1.29 is 9.18 Å². The van der Waals surface area contributed by atoms with E-state index >= 15 is 0 Å². The highest BCUT2D eigenvalue weighted by Gasteiger charge is 2.24. The number of fused-ring (bicyclic) bond motifs is 1. The predicted octanol–water partition coefficient (Wildman–Crippen LogP) is 2.75. The fraction of sp³-hybridized carbons (Fsp3) is 0.300. The second-order valence-electron chi connectivity index (χ2n) is 3.22. The van der Waals surface area contributed by atoms with Crippen molar-refractivity contribution in [2.45, 2.75) is 11.8 Å². The van der Waals surface area contributed by atoms with Crippen LogP contribution in [0.25, 0.3) is 0 Å². The third-order valence-corrected chi connectivity index (χ3v) is 3.48. The summed E-state index contributed by atoms with van der Waals surface area (Å²) in [5.41, 5.74) is 0.545. The van der Waals surface area contributed by atoms with Gasteiger partial charge in [-0.1, -0.05) is 6.92 Å². The van der Waals surface area contributed by atoms with E-state index in [4.69, 9.17) is 0 Å². The Balaban J connectivity index is 2.51. The van der Waals surface area contributed by atoms with E-state index in [2.05, 4.69) is 0 Å². The molecule has 1 aliphatic rings. The van der Waals surface area contributed by atoms with Gasteiger partial charge in [-0.15, -0.1) is 11.8 Å². The molecule has 1 atom stereocenters. The molecule has 1 aromatic rings. The molecule has 0 aliphatic carbocycles. The van der Waals surface area contributed by atoms with E-state index in [9.17, 15) is 9.18 Å². The van der Waals surface area contributed by atoms with Crippen LogP contribution in [0.2, 0.25) is 0 Å². The molecule has 1 nitrogen and oxygen atoms in total. The van der Waals surface area contributed by atoms with Crippen LogP contribution >= 0.6 is 11.8 Å². The minimum Gasteiger partial charge on any atom is -0.294 e. The molecule has 1 aliphatic heterocycles. The zero-order valence-electron chi connectivity index (χ0n) is 7.21. The Bertz CT molecular complexity index is 362. The Morgan fingerprint density at radius 1 is 1.54 bits per heavy atom. The molecule has 0 saturated carbocycles. The van der Waals surface area contributed by atoms with Crippen molar-refractivity contribution in [1.29, 1.82) is 0 Å². The van der Waals surface area contributed by atoms with Crippen LogP contribution in [0.3, 0.4) is 0 Å². The summed E-state index contributed by atoms with van der Waals surface area (Å²) in [5, 5.41) is 0. The van der Waals surface area contributed by atoms with Gasteiger partial charge >= 0.3 is 0 Å². The fourth-order valence-electron chi connectivity index (χ4n) is 1.38. The Hall–Kier alpha value is -0.830. The van der Waals surface area contributed by atoms with Gasteiger partial charge in [0, 0.05) is 22.1 Å². The Morgan fingerprint density at radius 2 is 2.31 bits per heavy atom. The number of hydrogen-bond donors (Lipinski definition) is 0. The van der Waals surface area contributed by atoms with E-state index in [0.29, 0.717) is 5.56 Å². The maximum atomic E-state index is 12.8. The number of rotatable bonds is 0. The second kappa shape index (κ2) is 3.14. The van der Waals surface area contributed by atoms with Crippen LogP contribution in [-0.4, -0.2) is 11.5 Å². The van der Waals surface area contributed by atoms with Crippen LogP contribution < -0.4 is 0 Å². The predicted molar refractivity (Wildman–Crippen MR) is 50.6 cm³/mol. The van der Waals surface area contributed by atoms with Crippen LogP contribution in [0.1, 0.15) is 17.3 Å². The van der Waals surface area contributed by atoms with Crippen LogP contribution in [0.15, 0.2) is 23.1 Å². The van der Waals surface area contributed by atoms with Gasteiger partial charge in [-0.25, -0.2) is 4.39 Å². The Morgan fingerprint density at radius 3 is 3.08 bits per heavy atom. The number of hydrogen-bond acceptors (Lipinski definition) is 2. The molecule has 0 amide bonds. The molecular weight excluding hydrogens is 187 g/mol. The SMILES string of the molecule is CC1CSc2ccc(F)cc2C1=O. The summed E-state index contributed by atoms with van der Waals surface area (Å²) >= 11 is 1.62. The highest BCUT2D eigenvalue weighted by Crippen LogP contribution is 2.32. The van der Waals surface area contributed by atoms with Gasteiger partial charge in [-0.05, 0) is 18.2 Å². The second-order valence-corrected chi connectivity index (χ2v) is 4.28. The smallest absolute Gasteiger partial charge is 0.167 e. The van der Waals surface area contributed by atoms with Crippen molar-refractivity contribution in [2.24, 2.45) is 5.92 Å². The molecule has 0 radical (unpaired) electrons. The summed E-state index contributed by atoms with van der Waals surface area (Å²) in [4.78, 5) is 12.5. The molecule has 1 heterocycles. The van der Waals surface area contributed by atoms with E-state index < -0.39 is 0 Å². The summed E-state index contributed by atoms with van der Waals surface area (Å²) in [6, 6.07) is 4.41. The quantitative estimate of drug-likeness (QED) is 0.634. The number of benzene rings is 1. The average Bonchev–Trinajstić information content (AvgIpc) is 2.12. The van der Waals surface area contributed by atoms with Crippen molar-refractivity contribution in [3.63, 3.8) is 0 Å². The van der Waals surface area contributed by atoms with Gasteiger partial charge in [-0.3, -0.25) is 4.79 Å². The van der Waals surface area contributed by atoms with Crippen molar-refractivity contribution in [2.75, 3.05) is 5.75 Å². The molecule has 0 spiro atoms. The molecule has 0 bridgehead atoms. The van der Waals surface area contributed by atoms with Gasteiger partial charge in [0.2, 0.25) is 0 Å². The Labute approximate surface area is 80.3 Å². The van der Waals surface area contributed by atoms with Gasteiger partial charge < -0.3 is 0 Å². The minimum atomic E-state index is -0.332. The maximum Gasteiger partial charge on any atom is 0.167 e. The van der Waals surface area contributed by atoms with Crippen molar-refractivity contribution >= 4 is 17.5 Å². The average molecular weight is 196 g/mol. The number of Topliss-reactive ketones (excluding diaryl/α,β-unsaturated/α-hetero) is 1. The van der Waals surface area contributed by atoms with Crippen molar-refractivity contribution in [3.8, 4) is 0 Å². The first-order valence-corrected chi connectivity index (χ1v) is 5.13. The zero-order chi connectivity index (χ0) is 9.42. The van der Waals surface area contributed by atoms with Crippen LogP contribution in [0.4, 0.5) is 4.39 Å². The highest BCUT2D eigenvalue weighted by molar-refractivity contribution is 7.99. The molecule has 13 heavy (non-hydrogen) atoms. The number of halogens is 1. The minimum absolute atomic E-state index is 0.0132. The molecule has 0 N–H and O–H groups in total. The van der Waals surface area contributed by atoms with Gasteiger partial charge in [0.25, 0.3) is 0 Å². The van der Waals surface area contributed by atoms with Crippen molar-refractivity contribution in [1.82, 2.24) is 0 Å². The van der Waals surface area contributed by atoms with Crippen LogP contribution in [0.5, 0.6) is 0 Å². The monoisotopic (exact) mass is 196 g/mol. The lowest BCUT2D eigenvalue weighted by Gasteiger charge is -2.19. The van der Waals surface area contributed by atoms with Gasteiger partial charge in [0.05, 0.1) is 0 Å². The molecule has 0 aromatic heterocycles. The lowest BCUT2D eigenvalue weighted by molar-refractivity contribution is 0.0935. The van der Waals surface area contributed by atoms with E-state index in [0.717, 1.165) is 10.6 Å². The Kier molecular flexibility index (Phi) is 2.12. The van der Waals surface area contributed by atoms with Crippen LogP contribution in [-0.2, 0) is 0 Å². The normalized spacial score (nSPS) is 21.4. The first kappa shape index (κ1) is 8.75. The summed E-state index contributed by atoms with van der Waals surface area (Å²) < 4.78 is 12.8. The first-order chi connectivity index (χ1) is 6.18. The zero-order valence-corrected chi connectivity index (χ0v) is 8.03. The molecule has 3 heteroatoms. The fourth-order valence-corrected chi connectivity index (χ4v) is 2.44. The number of carbonyl (C=O) groups excluding carboxylic acids is 1. The van der Waals surface area contributed by atoms with E-state index in [1.54, 1.807) is 17.8 Å². The summed E-state index contributed by atoms with van der Waals surface area (Å²) in [5.74, 6) is 0.548. The lowest BCUT2D eigenvalue weighted by atomic mass is 10.0. The molecule has 68 valence electrons. The van der Waals surface area contributed by atoms with Gasteiger partial charge in [-0.2, -0.15) is 0 Å². The molecule has 2 rings (SSSR count). The van der Waals surface area contributed by atoms with Gasteiger partial charge in [0.1, 0.15) is 5.82 Å². The first-order valence-electron chi connectivity index (χ1n) is 4.15. The molecular formula is C10H9FOS. The third kappa shape index (κ3) is 1.48. The van der Waals surface area contributed by atoms with E-state index in [1.165, 1.54) is 12.1 Å². The maximum absolute atomic E-state index is 12.8. The third-order valence-electron chi connectivity index (χ3n) is 2.14. The standard InChI is InChI=1S/C10H9FOS/c1-6-5-13-9-3-2-7(11)4-8(9)10(6)12/h2-4,6H,5H2,1H3. The molecule has 1 unspecified atom stereocenters. The van der Waals surface area contributed by atoms with E-state index in [-0.39, 0.29) is 17.5 Å². The molecule has 0 saturated heterocycles. The number of thioether (sulfide) groups is 1. The van der Waals surface area contributed by atoms with Gasteiger partial charge in [0.15, 0.2) is 5.78 Å². The van der Waals surface area contributed by atoms with Crippen molar-refractivity contribution in [3.05, 3.63) is 29.6 Å². The summed E-state index contributed by atoms with van der Waals surface area (Å²) in [7, 11) is 0. The summed E-state index contributed by atoms with van der Waals surface area (Å²) in [6.07, 6.45) is 0. The number of ketones is 1. The topological polar surface area (TPSA) is 17.1 Å². The molecule has 1 aromatic carbocycles.